The molecule has 1 heterocycles. The van der Waals surface area contributed by atoms with Gasteiger partial charge in [-0.05, 0) is 35.9 Å². The number of nitrogens with one attached hydrogen (secondary N) is 1. The molecule has 0 spiro atoms. The number of carboxylic acids is 1. The highest BCUT2D eigenvalue weighted by Crippen LogP contribution is 2.39. The lowest BCUT2D eigenvalue weighted by Gasteiger charge is -2.24. The van der Waals surface area contributed by atoms with Crippen LogP contribution in [0.5, 0.6) is 17.2 Å². The number of nitrogens with zero attached hydrogens (tertiary/aromatic N) is 1. The van der Waals surface area contributed by atoms with E-state index in [4.69, 9.17) is 4.74 Å². The van der Waals surface area contributed by atoms with Gasteiger partial charge < -0.3 is 25.4 Å². The first-order valence-corrected chi connectivity index (χ1v) is 9.52. The number of hydrogen-bond acceptors (Lipinski definition) is 6. The number of phenols is 2. The molecule has 0 bridgehead atoms. The molecule has 0 fully saturated rings. The van der Waals surface area contributed by atoms with Gasteiger partial charge in [-0.15, -0.1) is 0 Å². The zero-order chi connectivity index (χ0) is 22.0. The third-order valence-electron chi connectivity index (χ3n) is 5.08. The Morgan fingerprint density at radius 2 is 1.84 bits per heavy atom. The number of phenolic OH excluding ortho intramolecular Hbond substituents is 2. The lowest BCUT2D eigenvalue weighted by Crippen LogP contribution is -2.15. The number of benzene rings is 3. The number of aromatic nitrogens is 1. The van der Waals surface area contributed by atoms with Crippen molar-refractivity contribution in [1.82, 2.24) is 4.98 Å². The van der Waals surface area contributed by atoms with Crippen LogP contribution >= 0.6 is 0 Å². The molecule has 0 aliphatic heterocycles. The van der Waals surface area contributed by atoms with Gasteiger partial charge in [0.1, 0.15) is 11.3 Å². The predicted octanol–water partition coefficient (Wildman–Crippen LogP) is 4.55. The minimum atomic E-state index is -1.07. The quantitative estimate of drug-likeness (QED) is 0.365. The van der Waals surface area contributed by atoms with E-state index in [9.17, 15) is 20.1 Å². The highest BCUT2D eigenvalue weighted by atomic mass is 16.5. The summed E-state index contributed by atoms with van der Waals surface area (Å²) in [5, 5.41) is 34.6. The average molecular weight is 416 g/mol. The lowest BCUT2D eigenvalue weighted by molar-refractivity contribution is 0.0698. The zero-order valence-corrected chi connectivity index (χ0v) is 16.6. The van der Waals surface area contributed by atoms with E-state index in [2.05, 4.69) is 10.3 Å². The summed E-state index contributed by atoms with van der Waals surface area (Å²) in [6.07, 6.45) is 1.59. The molecule has 4 N–H and O–H groups in total. The molecule has 1 aromatic heterocycles. The molecule has 156 valence electrons. The molecule has 31 heavy (non-hydrogen) atoms. The maximum Gasteiger partial charge on any atom is 0.337 e. The fourth-order valence-corrected chi connectivity index (χ4v) is 3.54. The summed E-state index contributed by atoms with van der Waals surface area (Å²) in [5.74, 6) is -0.862. The summed E-state index contributed by atoms with van der Waals surface area (Å²) in [7, 11) is 1.44. The van der Waals surface area contributed by atoms with Crippen LogP contribution in [0.2, 0.25) is 0 Å². The van der Waals surface area contributed by atoms with Crippen molar-refractivity contribution in [3.8, 4) is 17.2 Å². The van der Waals surface area contributed by atoms with Gasteiger partial charge in [0.15, 0.2) is 11.5 Å². The second kappa shape index (κ2) is 8.23. The van der Waals surface area contributed by atoms with Crippen LogP contribution in [0, 0.1) is 0 Å². The number of rotatable bonds is 6. The van der Waals surface area contributed by atoms with Crippen molar-refractivity contribution >= 4 is 22.6 Å². The number of ether oxygens (including phenoxy) is 1. The highest BCUT2D eigenvalue weighted by molar-refractivity contribution is 5.94. The molecule has 0 saturated heterocycles. The topological polar surface area (TPSA) is 112 Å². The van der Waals surface area contributed by atoms with Gasteiger partial charge >= 0.3 is 5.97 Å². The third-order valence-corrected chi connectivity index (χ3v) is 5.08. The molecule has 4 rings (SSSR count). The molecule has 0 radical (unpaired) electrons. The number of methoxy groups -OCH3 is 1. The summed E-state index contributed by atoms with van der Waals surface area (Å²) in [6, 6.07) is 17.9. The van der Waals surface area contributed by atoms with Crippen LogP contribution in [0.1, 0.15) is 27.5 Å². The van der Waals surface area contributed by atoms with E-state index in [-0.39, 0.29) is 22.8 Å². The molecule has 0 aliphatic carbocycles. The monoisotopic (exact) mass is 416 g/mol. The molecule has 4 aromatic rings. The summed E-state index contributed by atoms with van der Waals surface area (Å²) < 4.78 is 5.24. The average Bonchev–Trinajstić information content (AvgIpc) is 2.79. The van der Waals surface area contributed by atoms with Gasteiger partial charge in [0.05, 0.1) is 18.7 Å². The van der Waals surface area contributed by atoms with Crippen molar-refractivity contribution in [2.75, 3.05) is 12.4 Å². The first-order valence-electron chi connectivity index (χ1n) is 9.52. The molecule has 7 heteroatoms. The van der Waals surface area contributed by atoms with Gasteiger partial charge in [0.25, 0.3) is 0 Å². The number of carbonyl (C=O) groups is 1. The number of carboxylic acid groups (broad SMARTS) is 1. The van der Waals surface area contributed by atoms with Crippen molar-refractivity contribution in [1.29, 1.82) is 0 Å². The highest BCUT2D eigenvalue weighted by Gasteiger charge is 2.23. The van der Waals surface area contributed by atoms with Crippen LogP contribution in [-0.2, 0) is 0 Å². The Balaban J connectivity index is 1.90. The smallest absolute Gasteiger partial charge is 0.337 e. The first kappa shape index (κ1) is 20.0. The molecule has 1 atom stereocenters. The van der Waals surface area contributed by atoms with E-state index in [1.807, 2.05) is 12.1 Å². The summed E-state index contributed by atoms with van der Waals surface area (Å²) in [4.78, 5) is 16.0. The van der Waals surface area contributed by atoms with E-state index < -0.39 is 12.0 Å². The van der Waals surface area contributed by atoms with Crippen molar-refractivity contribution in [3.63, 3.8) is 0 Å². The summed E-state index contributed by atoms with van der Waals surface area (Å²) in [5.41, 5.74) is 2.06. The molecule has 0 amide bonds. The van der Waals surface area contributed by atoms with Crippen molar-refractivity contribution in [2.24, 2.45) is 0 Å². The summed E-state index contributed by atoms with van der Waals surface area (Å²) in [6.45, 7) is 0. The maximum atomic E-state index is 11.7. The van der Waals surface area contributed by atoms with E-state index in [1.165, 1.54) is 19.2 Å². The van der Waals surface area contributed by atoms with Gasteiger partial charge in [-0.1, -0.05) is 36.4 Å². The van der Waals surface area contributed by atoms with Crippen molar-refractivity contribution in [3.05, 3.63) is 89.6 Å². The van der Waals surface area contributed by atoms with Gasteiger partial charge in [0, 0.05) is 22.8 Å². The second-order valence-corrected chi connectivity index (χ2v) is 6.94. The molecular formula is C24H20N2O5. The SMILES string of the molecule is COc1cc(C(Nc2ccccc2C(=O)O)c2ccc3cccnc3c2O)ccc1O. The number of pyridine rings is 1. The fraction of sp³-hybridized carbons (Fsp3) is 0.0833. The standard InChI is InChI=1S/C24H20N2O5/c1-31-20-13-15(9-11-19(20)27)21(26-18-7-3-2-6-16(18)24(29)30)17-10-8-14-5-4-12-25-22(14)23(17)28/h2-13,21,26-28H,1H3,(H,29,30). The molecule has 1 unspecified atom stereocenters. The number of aromatic hydroxyl groups is 2. The molecule has 0 aliphatic rings. The molecule has 0 saturated carbocycles. The van der Waals surface area contributed by atoms with Crippen LogP contribution in [-0.4, -0.2) is 33.4 Å². The number of anilines is 1. The van der Waals surface area contributed by atoms with Gasteiger partial charge in [-0.25, -0.2) is 4.79 Å². The van der Waals surface area contributed by atoms with Gasteiger partial charge in [-0.2, -0.15) is 0 Å². The van der Waals surface area contributed by atoms with Gasteiger partial charge in [-0.3, -0.25) is 4.98 Å². The summed E-state index contributed by atoms with van der Waals surface area (Å²) >= 11 is 0. The Kier molecular flexibility index (Phi) is 5.32. The first-order chi connectivity index (χ1) is 15.0. The fourth-order valence-electron chi connectivity index (χ4n) is 3.54. The molecule has 3 aromatic carbocycles. The Morgan fingerprint density at radius 3 is 2.61 bits per heavy atom. The van der Waals surface area contributed by atoms with Crippen LogP contribution in [0.15, 0.2) is 72.9 Å². The second-order valence-electron chi connectivity index (χ2n) is 6.94. The van der Waals surface area contributed by atoms with E-state index >= 15 is 0 Å². The Bertz CT molecular complexity index is 1270. The number of para-hydroxylation sites is 1. The molecule has 7 nitrogen and oxygen atoms in total. The number of fused-ring (bicyclic) bond motifs is 1. The minimum Gasteiger partial charge on any atom is -0.505 e. The Labute approximate surface area is 178 Å². The van der Waals surface area contributed by atoms with E-state index in [0.29, 0.717) is 22.3 Å². The van der Waals surface area contributed by atoms with Crippen LogP contribution < -0.4 is 10.1 Å². The van der Waals surface area contributed by atoms with Crippen LogP contribution in [0.25, 0.3) is 10.9 Å². The maximum absolute atomic E-state index is 11.7. The van der Waals surface area contributed by atoms with Crippen molar-refractivity contribution < 1.29 is 24.9 Å². The van der Waals surface area contributed by atoms with Crippen LogP contribution in [0.4, 0.5) is 5.69 Å². The lowest BCUT2D eigenvalue weighted by atomic mass is 9.95. The van der Waals surface area contributed by atoms with Gasteiger partial charge in [0.2, 0.25) is 0 Å². The number of hydrogen-bond donors (Lipinski definition) is 4. The Hall–Kier alpha value is -4.26. The normalized spacial score (nSPS) is 11.8. The third kappa shape index (κ3) is 3.81. The van der Waals surface area contributed by atoms with Crippen molar-refractivity contribution in [2.45, 2.75) is 6.04 Å². The van der Waals surface area contributed by atoms with E-state index in [0.717, 1.165) is 5.39 Å². The predicted molar refractivity (Wildman–Crippen MR) is 117 cm³/mol. The molecular weight excluding hydrogens is 396 g/mol. The van der Waals surface area contributed by atoms with E-state index in [1.54, 1.807) is 48.7 Å². The van der Waals surface area contributed by atoms with Crippen LogP contribution in [0.3, 0.4) is 0 Å². The Morgan fingerprint density at radius 1 is 1.03 bits per heavy atom. The zero-order valence-electron chi connectivity index (χ0n) is 16.6. The minimum absolute atomic E-state index is 0.0181. The largest absolute Gasteiger partial charge is 0.505 e. The number of aromatic carboxylic acids is 1.